The summed E-state index contributed by atoms with van der Waals surface area (Å²) >= 11 is 0. The number of sulfonamides is 1. The highest BCUT2D eigenvalue weighted by atomic mass is 32.2. The number of amides is 1. The summed E-state index contributed by atoms with van der Waals surface area (Å²) in [6, 6.07) is 14.3. The molecule has 1 aliphatic heterocycles. The van der Waals surface area contributed by atoms with Crippen molar-refractivity contribution in [2.45, 2.75) is 18.7 Å². The third kappa shape index (κ3) is 4.67. The second kappa shape index (κ2) is 8.10. The lowest BCUT2D eigenvalue weighted by Gasteiger charge is -2.34. The first-order chi connectivity index (χ1) is 12.9. The summed E-state index contributed by atoms with van der Waals surface area (Å²) in [6.07, 6.45) is 0. The molecule has 0 unspecified atom stereocenters. The number of nitrogens with zero attached hydrogens (tertiary/aromatic N) is 2. The van der Waals surface area contributed by atoms with Gasteiger partial charge in [-0.05, 0) is 43.7 Å². The zero-order valence-corrected chi connectivity index (χ0v) is 16.4. The monoisotopic (exact) mass is 388 g/mol. The summed E-state index contributed by atoms with van der Waals surface area (Å²) in [6.45, 7) is 5.12. The molecule has 0 N–H and O–H groups in total. The Hall–Kier alpha value is -2.38. The van der Waals surface area contributed by atoms with Gasteiger partial charge in [-0.2, -0.15) is 4.31 Å². The molecule has 6 nitrogen and oxygen atoms in total. The Bertz CT molecular complexity index is 902. The normalized spacial score (nSPS) is 15.6. The minimum Gasteiger partial charge on any atom is -0.484 e. The molecular formula is C20H24N2O4S. The predicted molar refractivity (Wildman–Crippen MR) is 103 cm³/mol. The summed E-state index contributed by atoms with van der Waals surface area (Å²) in [5.41, 5.74) is 2.08. The van der Waals surface area contributed by atoms with Crippen LogP contribution in [0.4, 0.5) is 0 Å². The maximum atomic E-state index is 12.7. The first kappa shape index (κ1) is 19.4. The minimum atomic E-state index is -3.52. The van der Waals surface area contributed by atoms with Gasteiger partial charge >= 0.3 is 0 Å². The third-order valence-electron chi connectivity index (χ3n) is 4.60. The first-order valence-electron chi connectivity index (χ1n) is 8.90. The highest BCUT2D eigenvalue weighted by Crippen LogP contribution is 2.18. The Morgan fingerprint density at radius 1 is 0.963 bits per heavy atom. The predicted octanol–water partition coefficient (Wildman–Crippen LogP) is 2.22. The molecule has 27 heavy (non-hydrogen) atoms. The number of rotatable bonds is 5. The summed E-state index contributed by atoms with van der Waals surface area (Å²) < 4.78 is 32.4. The van der Waals surface area contributed by atoms with Crippen molar-refractivity contribution >= 4 is 15.9 Å². The number of carbonyl (C=O) groups excluding carboxylic acids is 1. The van der Waals surface area contributed by atoms with Crippen molar-refractivity contribution in [2.75, 3.05) is 32.8 Å². The molecule has 1 aliphatic rings. The summed E-state index contributed by atoms with van der Waals surface area (Å²) in [5.74, 6) is 0.521. The molecule has 0 atom stereocenters. The lowest BCUT2D eigenvalue weighted by molar-refractivity contribution is -0.134. The molecule has 0 bridgehead atoms. The third-order valence-corrected chi connectivity index (χ3v) is 6.51. The Labute approximate surface area is 160 Å². The van der Waals surface area contributed by atoms with Gasteiger partial charge < -0.3 is 9.64 Å². The van der Waals surface area contributed by atoms with Crippen molar-refractivity contribution in [2.24, 2.45) is 0 Å². The Balaban J connectivity index is 1.55. The minimum absolute atomic E-state index is 0.0475. The quantitative estimate of drug-likeness (QED) is 0.788. The Kier molecular flexibility index (Phi) is 5.82. The molecule has 3 rings (SSSR count). The van der Waals surface area contributed by atoms with Crippen molar-refractivity contribution in [1.82, 2.24) is 9.21 Å². The van der Waals surface area contributed by atoms with Crippen molar-refractivity contribution in [3.8, 4) is 5.75 Å². The fourth-order valence-corrected chi connectivity index (χ4v) is 4.40. The van der Waals surface area contributed by atoms with E-state index >= 15 is 0 Å². The van der Waals surface area contributed by atoms with Crippen molar-refractivity contribution in [3.05, 3.63) is 59.7 Å². The largest absolute Gasteiger partial charge is 0.484 e. The van der Waals surface area contributed by atoms with Crippen LogP contribution in [0.2, 0.25) is 0 Å². The number of benzene rings is 2. The van der Waals surface area contributed by atoms with Crippen LogP contribution in [-0.2, 0) is 14.8 Å². The molecule has 7 heteroatoms. The number of hydrogen-bond acceptors (Lipinski definition) is 4. The molecule has 1 saturated heterocycles. The van der Waals surface area contributed by atoms with Gasteiger partial charge in [-0.15, -0.1) is 0 Å². The van der Waals surface area contributed by atoms with Crippen molar-refractivity contribution < 1.29 is 17.9 Å². The average Bonchev–Trinajstić information content (AvgIpc) is 2.66. The van der Waals surface area contributed by atoms with Gasteiger partial charge in [0.05, 0.1) is 4.90 Å². The van der Waals surface area contributed by atoms with Gasteiger partial charge in [-0.25, -0.2) is 8.42 Å². The lowest BCUT2D eigenvalue weighted by atomic mass is 10.2. The molecule has 1 heterocycles. The van der Waals surface area contributed by atoms with Gasteiger partial charge in [0.25, 0.3) is 5.91 Å². The van der Waals surface area contributed by atoms with Crippen LogP contribution in [0.3, 0.4) is 0 Å². The highest BCUT2D eigenvalue weighted by molar-refractivity contribution is 7.89. The molecule has 0 spiro atoms. The van der Waals surface area contributed by atoms with Crippen molar-refractivity contribution in [1.29, 1.82) is 0 Å². The number of piperazine rings is 1. The summed E-state index contributed by atoms with van der Waals surface area (Å²) in [7, 11) is -3.52. The first-order valence-corrected chi connectivity index (χ1v) is 10.3. The van der Waals surface area contributed by atoms with Crippen LogP contribution < -0.4 is 4.74 Å². The van der Waals surface area contributed by atoms with Gasteiger partial charge in [-0.3, -0.25) is 4.79 Å². The number of carbonyl (C=O) groups is 1. The zero-order chi connectivity index (χ0) is 19.4. The highest BCUT2D eigenvalue weighted by Gasteiger charge is 2.30. The average molecular weight is 388 g/mol. The summed E-state index contributed by atoms with van der Waals surface area (Å²) in [4.78, 5) is 14.3. The van der Waals surface area contributed by atoms with Gasteiger partial charge in [0.2, 0.25) is 10.0 Å². The van der Waals surface area contributed by atoms with E-state index in [9.17, 15) is 13.2 Å². The summed E-state index contributed by atoms with van der Waals surface area (Å²) in [5, 5.41) is 0. The fraction of sp³-hybridized carbons (Fsp3) is 0.350. The molecular weight excluding hydrogens is 364 g/mol. The lowest BCUT2D eigenvalue weighted by Crippen LogP contribution is -2.51. The van der Waals surface area contributed by atoms with E-state index in [0.29, 0.717) is 18.8 Å². The number of aryl methyl sites for hydroxylation is 2. The van der Waals surface area contributed by atoms with Crippen LogP contribution in [-0.4, -0.2) is 56.3 Å². The molecule has 1 amide bonds. The number of hydrogen-bond donors (Lipinski definition) is 0. The topological polar surface area (TPSA) is 66.9 Å². The van der Waals surface area contributed by atoms with E-state index < -0.39 is 10.0 Å². The molecule has 2 aromatic rings. The maximum Gasteiger partial charge on any atom is 0.260 e. The van der Waals surface area contributed by atoms with E-state index in [0.717, 1.165) is 11.1 Å². The fourth-order valence-electron chi connectivity index (χ4n) is 2.98. The van der Waals surface area contributed by atoms with E-state index in [1.165, 1.54) is 4.31 Å². The molecule has 144 valence electrons. The van der Waals surface area contributed by atoms with Crippen molar-refractivity contribution in [3.63, 3.8) is 0 Å². The van der Waals surface area contributed by atoms with Gasteiger partial charge in [0, 0.05) is 26.2 Å². The standard InChI is InChI=1S/C20H24N2O4S/c1-16-6-8-19(9-7-16)27(24,25)22-12-10-21(11-13-22)20(23)15-26-18-5-3-4-17(2)14-18/h3-9,14H,10-13,15H2,1-2H3. The Morgan fingerprint density at radius 3 is 2.26 bits per heavy atom. The van der Waals surface area contributed by atoms with Crippen LogP contribution in [0, 0.1) is 13.8 Å². The van der Waals surface area contributed by atoms with Crippen LogP contribution in [0.5, 0.6) is 5.75 Å². The smallest absolute Gasteiger partial charge is 0.260 e. The van der Waals surface area contributed by atoms with Gasteiger partial charge in [0.15, 0.2) is 6.61 Å². The zero-order valence-electron chi connectivity index (χ0n) is 15.6. The van der Waals surface area contributed by atoms with Crippen LogP contribution in [0.1, 0.15) is 11.1 Å². The van der Waals surface area contributed by atoms with E-state index in [1.54, 1.807) is 29.2 Å². The van der Waals surface area contributed by atoms with Crippen LogP contribution >= 0.6 is 0 Å². The molecule has 2 aromatic carbocycles. The number of ether oxygens (including phenoxy) is 1. The molecule has 0 radical (unpaired) electrons. The second-order valence-corrected chi connectivity index (χ2v) is 8.64. The van der Waals surface area contributed by atoms with Crippen LogP contribution in [0.15, 0.2) is 53.4 Å². The molecule has 0 aliphatic carbocycles. The van der Waals surface area contributed by atoms with E-state index in [-0.39, 0.29) is 30.5 Å². The van der Waals surface area contributed by atoms with E-state index in [1.807, 2.05) is 38.1 Å². The molecule has 0 aromatic heterocycles. The van der Waals surface area contributed by atoms with E-state index in [2.05, 4.69) is 0 Å². The van der Waals surface area contributed by atoms with Gasteiger partial charge in [0.1, 0.15) is 5.75 Å². The molecule has 0 saturated carbocycles. The van der Waals surface area contributed by atoms with Gasteiger partial charge in [-0.1, -0.05) is 29.8 Å². The van der Waals surface area contributed by atoms with E-state index in [4.69, 9.17) is 4.74 Å². The SMILES string of the molecule is Cc1ccc(S(=O)(=O)N2CCN(C(=O)COc3cccc(C)c3)CC2)cc1. The van der Waals surface area contributed by atoms with Crippen LogP contribution in [0.25, 0.3) is 0 Å². The Morgan fingerprint density at radius 2 is 1.63 bits per heavy atom. The second-order valence-electron chi connectivity index (χ2n) is 6.70. The molecule has 1 fully saturated rings. The maximum absolute atomic E-state index is 12.7.